The van der Waals surface area contributed by atoms with E-state index in [-0.39, 0.29) is 17.8 Å². The summed E-state index contributed by atoms with van der Waals surface area (Å²) in [6.45, 7) is 11.5. The molecule has 34 heavy (non-hydrogen) atoms. The van der Waals surface area contributed by atoms with E-state index in [4.69, 9.17) is 18.9 Å². The summed E-state index contributed by atoms with van der Waals surface area (Å²) in [5.74, 6) is 1.60. The zero-order valence-electron chi connectivity index (χ0n) is 21.0. The summed E-state index contributed by atoms with van der Waals surface area (Å²) in [4.78, 5) is 16.7. The summed E-state index contributed by atoms with van der Waals surface area (Å²) >= 11 is 0. The van der Waals surface area contributed by atoms with Crippen molar-refractivity contribution in [3.05, 3.63) is 29.8 Å². The van der Waals surface area contributed by atoms with Gasteiger partial charge in [-0.25, -0.2) is 4.79 Å². The number of piperidine rings is 1. The van der Waals surface area contributed by atoms with E-state index in [1.165, 1.54) is 5.56 Å². The van der Waals surface area contributed by atoms with Gasteiger partial charge in [0.25, 0.3) is 0 Å². The number of nitrogens with zero attached hydrogens (tertiary/aromatic N) is 2. The molecule has 7 nitrogen and oxygen atoms in total. The first-order chi connectivity index (χ1) is 16.3. The predicted molar refractivity (Wildman–Crippen MR) is 129 cm³/mol. The van der Waals surface area contributed by atoms with E-state index in [0.29, 0.717) is 25.0 Å². The molecule has 1 amide bonds. The first kappa shape index (κ1) is 23.9. The normalized spacial score (nSPS) is 26.4. The second kappa shape index (κ2) is 9.67. The summed E-state index contributed by atoms with van der Waals surface area (Å²) in [6, 6.07) is 9.05. The van der Waals surface area contributed by atoms with E-state index in [2.05, 4.69) is 29.2 Å². The van der Waals surface area contributed by atoms with E-state index in [1.807, 2.05) is 20.8 Å². The van der Waals surface area contributed by atoms with Crippen LogP contribution in [0.4, 0.5) is 4.79 Å². The number of para-hydroxylation sites is 1. The fourth-order valence-corrected chi connectivity index (χ4v) is 5.85. The van der Waals surface area contributed by atoms with Crippen molar-refractivity contribution >= 4 is 6.09 Å². The lowest BCUT2D eigenvalue weighted by Crippen LogP contribution is -2.64. The predicted octanol–water partition coefficient (Wildman–Crippen LogP) is 4.20. The van der Waals surface area contributed by atoms with Crippen molar-refractivity contribution in [3.8, 4) is 5.75 Å². The third-order valence-corrected chi connectivity index (χ3v) is 7.67. The second-order valence-electron chi connectivity index (χ2n) is 11.5. The van der Waals surface area contributed by atoms with Crippen LogP contribution in [0, 0.1) is 0 Å². The number of likely N-dealkylation sites (tertiary alicyclic amines) is 2. The van der Waals surface area contributed by atoms with Gasteiger partial charge in [0.1, 0.15) is 23.1 Å². The summed E-state index contributed by atoms with van der Waals surface area (Å²) < 4.78 is 23.7. The highest BCUT2D eigenvalue weighted by atomic mass is 16.6. The van der Waals surface area contributed by atoms with Crippen LogP contribution in [0.15, 0.2) is 24.3 Å². The maximum absolute atomic E-state index is 12.3. The number of hydrogen-bond donors (Lipinski definition) is 0. The van der Waals surface area contributed by atoms with E-state index in [9.17, 15) is 4.79 Å². The molecule has 0 aromatic heterocycles. The molecule has 0 aliphatic carbocycles. The molecule has 188 valence electrons. The quantitative estimate of drug-likeness (QED) is 0.655. The molecule has 0 bridgehead atoms. The molecule has 0 N–H and O–H groups in total. The van der Waals surface area contributed by atoms with Gasteiger partial charge in [-0.2, -0.15) is 0 Å². The molecular formula is C27H40N2O5. The molecule has 4 saturated heterocycles. The largest absolute Gasteiger partial charge is 0.490 e. The number of hydrogen-bond acceptors (Lipinski definition) is 6. The highest BCUT2D eigenvalue weighted by Crippen LogP contribution is 2.40. The maximum Gasteiger partial charge on any atom is 0.410 e. The Bertz CT molecular complexity index is 849. The molecule has 1 aromatic rings. The minimum Gasteiger partial charge on any atom is -0.490 e. The van der Waals surface area contributed by atoms with Gasteiger partial charge < -0.3 is 23.8 Å². The van der Waals surface area contributed by atoms with Crippen LogP contribution in [0.2, 0.25) is 0 Å². The third kappa shape index (κ3) is 5.37. The molecule has 1 spiro atoms. The Balaban J connectivity index is 1.11. The Morgan fingerprint density at radius 3 is 2.47 bits per heavy atom. The lowest BCUT2D eigenvalue weighted by atomic mass is 9.86. The minimum atomic E-state index is -0.461. The topological polar surface area (TPSA) is 60.5 Å². The molecule has 1 atom stereocenters. The molecule has 7 heteroatoms. The van der Waals surface area contributed by atoms with E-state index in [0.717, 1.165) is 70.8 Å². The first-order valence-electron chi connectivity index (χ1n) is 13.0. The molecular weight excluding hydrogens is 432 g/mol. The molecule has 1 aromatic carbocycles. The van der Waals surface area contributed by atoms with Crippen molar-refractivity contribution in [2.24, 2.45) is 0 Å². The fraction of sp³-hybridized carbons (Fsp3) is 0.741. The summed E-state index contributed by atoms with van der Waals surface area (Å²) in [7, 11) is 0. The van der Waals surface area contributed by atoms with Gasteiger partial charge in [-0.1, -0.05) is 18.2 Å². The van der Waals surface area contributed by atoms with Gasteiger partial charge in [0, 0.05) is 18.9 Å². The van der Waals surface area contributed by atoms with Crippen molar-refractivity contribution < 1.29 is 23.7 Å². The Morgan fingerprint density at radius 1 is 1.06 bits per heavy atom. The van der Waals surface area contributed by atoms with Gasteiger partial charge >= 0.3 is 6.09 Å². The van der Waals surface area contributed by atoms with Gasteiger partial charge in [-0.3, -0.25) is 4.90 Å². The summed E-state index contributed by atoms with van der Waals surface area (Å²) in [5.41, 5.74) is 0.722. The number of amides is 1. The van der Waals surface area contributed by atoms with Crippen molar-refractivity contribution in [2.45, 2.75) is 82.1 Å². The number of ether oxygens (including phenoxy) is 4. The number of carbonyl (C=O) groups excluding carboxylic acids is 1. The summed E-state index contributed by atoms with van der Waals surface area (Å²) in [6.07, 6.45) is 5.27. The lowest BCUT2D eigenvalue weighted by Gasteiger charge is -2.47. The van der Waals surface area contributed by atoms with Crippen LogP contribution >= 0.6 is 0 Å². The monoisotopic (exact) mass is 472 g/mol. The van der Waals surface area contributed by atoms with E-state index < -0.39 is 5.60 Å². The van der Waals surface area contributed by atoms with Crippen LogP contribution in [0.25, 0.3) is 0 Å². The van der Waals surface area contributed by atoms with Crippen molar-refractivity contribution in [3.63, 3.8) is 0 Å². The van der Waals surface area contributed by atoms with Crippen LogP contribution in [-0.2, 0) is 14.2 Å². The van der Waals surface area contributed by atoms with Crippen LogP contribution < -0.4 is 4.74 Å². The Kier molecular flexibility index (Phi) is 6.79. The smallest absolute Gasteiger partial charge is 0.410 e. The number of benzene rings is 1. The maximum atomic E-state index is 12.3. The van der Waals surface area contributed by atoms with Crippen molar-refractivity contribution in [2.75, 3.05) is 46.0 Å². The highest BCUT2D eigenvalue weighted by molar-refractivity contribution is 5.69. The third-order valence-electron chi connectivity index (χ3n) is 7.67. The van der Waals surface area contributed by atoms with E-state index in [1.54, 1.807) is 4.90 Å². The molecule has 0 unspecified atom stereocenters. The molecule has 4 aliphatic heterocycles. The van der Waals surface area contributed by atoms with Gasteiger partial charge in [-0.05, 0) is 70.7 Å². The van der Waals surface area contributed by atoms with Crippen LogP contribution in [0.5, 0.6) is 5.75 Å². The minimum absolute atomic E-state index is 0.178. The Hall–Kier alpha value is -1.83. The molecule has 0 radical (unpaired) electrons. The van der Waals surface area contributed by atoms with Crippen LogP contribution in [0.3, 0.4) is 0 Å². The average molecular weight is 473 g/mol. The molecule has 4 fully saturated rings. The second-order valence-corrected chi connectivity index (χ2v) is 11.5. The molecule has 5 rings (SSSR count). The van der Waals surface area contributed by atoms with Gasteiger partial charge in [0.15, 0.2) is 0 Å². The van der Waals surface area contributed by atoms with E-state index >= 15 is 0 Å². The highest BCUT2D eigenvalue weighted by Gasteiger charge is 2.53. The SMILES string of the molecule is CC(C)(C)OC(=O)N1CC2(C[C@H](N3CCC(c4ccccc4OC4CCOCC4)CC3)CO2)C1. The number of rotatable bonds is 4. The van der Waals surface area contributed by atoms with Crippen LogP contribution in [-0.4, -0.2) is 85.2 Å². The molecule has 4 heterocycles. The van der Waals surface area contributed by atoms with Gasteiger partial charge in [0.2, 0.25) is 0 Å². The van der Waals surface area contributed by atoms with Gasteiger partial charge in [0.05, 0.1) is 32.9 Å². The van der Waals surface area contributed by atoms with Crippen molar-refractivity contribution in [1.82, 2.24) is 9.80 Å². The van der Waals surface area contributed by atoms with Gasteiger partial charge in [-0.15, -0.1) is 0 Å². The summed E-state index contributed by atoms with van der Waals surface area (Å²) in [5, 5.41) is 0. The lowest BCUT2D eigenvalue weighted by molar-refractivity contribution is -0.109. The Labute approximate surface area is 203 Å². The standard InChI is InChI=1S/C27H40N2O5/c1-26(2,3)34-25(30)29-18-27(19-29)16-21(17-32-27)28-12-8-20(9-13-28)23-6-4-5-7-24(23)33-22-10-14-31-15-11-22/h4-7,20-22H,8-19H2,1-3H3/t21-/m0/s1. The Morgan fingerprint density at radius 2 is 1.76 bits per heavy atom. The fourth-order valence-electron chi connectivity index (χ4n) is 5.85. The zero-order valence-corrected chi connectivity index (χ0v) is 21.0. The number of carbonyl (C=O) groups is 1. The average Bonchev–Trinajstić information content (AvgIpc) is 3.24. The molecule has 4 aliphatic rings. The van der Waals surface area contributed by atoms with Crippen LogP contribution in [0.1, 0.15) is 64.4 Å². The first-order valence-corrected chi connectivity index (χ1v) is 13.0. The molecule has 0 saturated carbocycles. The van der Waals surface area contributed by atoms with Crippen molar-refractivity contribution in [1.29, 1.82) is 0 Å². The zero-order chi connectivity index (χ0) is 23.8.